The summed E-state index contributed by atoms with van der Waals surface area (Å²) >= 11 is 1.22. The molecule has 0 bridgehead atoms. The fourth-order valence-electron chi connectivity index (χ4n) is 6.16. The highest BCUT2D eigenvalue weighted by molar-refractivity contribution is 7.97. The summed E-state index contributed by atoms with van der Waals surface area (Å²) in [6.45, 7) is 0.0841. The summed E-state index contributed by atoms with van der Waals surface area (Å²) in [7, 11) is 0. The second-order valence-corrected chi connectivity index (χ2v) is 17.0. The molecule has 2 rings (SSSR count). The van der Waals surface area contributed by atoms with Crippen molar-refractivity contribution in [2.75, 3.05) is 84.0 Å². The van der Waals surface area contributed by atoms with Crippen LogP contribution in [0.3, 0.4) is 0 Å². The van der Waals surface area contributed by atoms with E-state index >= 15 is 0 Å². The maximum Gasteiger partial charge on any atom is 0.326 e. The Morgan fingerprint density at radius 3 is 1.69 bits per heavy atom. The molecule has 0 radical (unpaired) electrons. The molecule has 74 heavy (non-hydrogen) atoms. The van der Waals surface area contributed by atoms with Gasteiger partial charge in [0.15, 0.2) is 0 Å². The number of hydrogen-bond acceptors (Lipinski definition) is 19. The van der Waals surface area contributed by atoms with Gasteiger partial charge >= 0.3 is 11.9 Å². The van der Waals surface area contributed by atoms with Crippen molar-refractivity contribution in [1.29, 1.82) is 0 Å². The van der Waals surface area contributed by atoms with Crippen LogP contribution in [0.15, 0.2) is 24.3 Å². The van der Waals surface area contributed by atoms with Gasteiger partial charge in [0.25, 0.3) is 5.91 Å². The van der Waals surface area contributed by atoms with Crippen LogP contribution in [-0.4, -0.2) is 186 Å². The average molecular weight is 1070 g/mol. The molecular weight excluding hydrogens is 999 g/mol. The number of nitrogens with one attached hydrogen (secondary N) is 8. The van der Waals surface area contributed by atoms with E-state index in [1.807, 2.05) is 0 Å². The summed E-state index contributed by atoms with van der Waals surface area (Å²) in [5.41, 5.74) is 12.1. The minimum atomic E-state index is -1.49. The van der Waals surface area contributed by atoms with Gasteiger partial charge in [-0.15, -0.1) is 5.10 Å². The molecular formula is C44H69N13O16S. The number of carbonyl (C=O) groups excluding carboxylic acids is 8. The molecule has 30 heteroatoms. The van der Waals surface area contributed by atoms with Crippen molar-refractivity contribution >= 4 is 76.8 Å². The summed E-state index contributed by atoms with van der Waals surface area (Å²) in [5, 5.41) is 47.4. The molecule has 8 amide bonds. The maximum absolute atomic E-state index is 12.5. The first-order valence-electron chi connectivity index (χ1n) is 23.8. The number of carboxylic acids is 2. The predicted octanol–water partition coefficient (Wildman–Crippen LogP) is -2.78. The zero-order chi connectivity index (χ0) is 54.4. The number of H-pyrrole nitrogens is 1. The fraction of sp³-hybridized carbons (Fsp3) is 0.614. The van der Waals surface area contributed by atoms with Gasteiger partial charge in [-0.3, -0.25) is 38.4 Å². The Morgan fingerprint density at radius 1 is 0.581 bits per heavy atom. The normalized spacial score (nSPS) is 12.1. The Bertz CT molecular complexity index is 2050. The van der Waals surface area contributed by atoms with Gasteiger partial charge in [0.1, 0.15) is 37.2 Å². The fourth-order valence-corrected chi connectivity index (χ4v) is 6.82. The molecule has 0 spiro atoms. The third kappa shape index (κ3) is 31.4. The number of amides is 8. The van der Waals surface area contributed by atoms with E-state index < -0.39 is 72.6 Å². The summed E-state index contributed by atoms with van der Waals surface area (Å²) in [6.07, 6.45) is 2.14. The van der Waals surface area contributed by atoms with Crippen LogP contribution >= 0.6 is 11.9 Å². The number of nitrogens with zero attached hydrogens (tertiary/aromatic N) is 3. The predicted molar refractivity (Wildman–Crippen MR) is 262 cm³/mol. The number of carboxylic acid groups (broad SMARTS) is 2. The molecule has 1 aromatic heterocycles. The molecule has 14 N–H and O–H groups in total. The molecule has 0 saturated heterocycles. The second kappa shape index (κ2) is 38.6. The van der Waals surface area contributed by atoms with Gasteiger partial charge in [-0.05, 0) is 79.6 Å². The SMILES string of the molecule is NC(=O)C(CCCCNC(=O)c1ccc(N)cc1)NC(=O)COCCOCCNC(=O)CCC(NC(=O)CCC(NC(=O)COCCOCCNC(=O)CCCSNC(=O)CCCc1nnn[nH]1)C(=O)O)C(=O)O. The molecule has 29 nitrogen and oxygen atoms in total. The Morgan fingerprint density at radius 2 is 1.12 bits per heavy atom. The number of hydrogen-bond donors (Lipinski definition) is 12. The minimum absolute atomic E-state index is 0.00786. The zero-order valence-corrected chi connectivity index (χ0v) is 41.8. The lowest BCUT2D eigenvalue weighted by Gasteiger charge is -2.17. The van der Waals surface area contributed by atoms with E-state index in [0.29, 0.717) is 67.9 Å². The molecule has 0 saturated carbocycles. The Balaban J connectivity index is 1.47. The summed E-state index contributed by atoms with van der Waals surface area (Å²) in [4.78, 5) is 121. The average Bonchev–Trinajstić information content (AvgIpc) is 3.88. The number of carbonyl (C=O) groups is 10. The topological polar surface area (TPSA) is 439 Å². The van der Waals surface area contributed by atoms with Crippen molar-refractivity contribution in [2.45, 2.75) is 95.2 Å². The number of rotatable bonds is 43. The van der Waals surface area contributed by atoms with E-state index in [1.165, 1.54) is 11.9 Å². The lowest BCUT2D eigenvalue weighted by molar-refractivity contribution is -0.144. The Hall–Kier alpha value is -7.02. The number of nitrogens with two attached hydrogens (primary N) is 2. The number of ether oxygens (including phenoxy) is 4. The van der Waals surface area contributed by atoms with E-state index in [1.54, 1.807) is 24.3 Å². The first-order chi connectivity index (χ1) is 35.5. The molecule has 0 aliphatic carbocycles. The standard InChI is InChI=1S/C44H69N13O16S/c45-30-11-9-29(10-12-30)42(65)49-17-2-1-5-31(41(46)64)50-39(62)27-72-24-22-71-21-19-48-36(59)15-13-32(43(66)67)51-37(60)16-14-33(44(68)69)52-40(63)28-73-25-23-70-20-18-47-35(58)8-4-26-74-55-38(61)7-3-6-34-53-56-57-54-34/h9-12,31-33H,1-8,13-28,45H2,(H2,46,64)(H,47,58)(H,48,59)(H,49,65)(H,50,62)(H,51,60)(H,52,63)(H,55,61)(H,66,67)(H,68,69)(H,53,54,56,57). The lowest BCUT2D eigenvalue weighted by Crippen LogP contribution is -2.45. The third-order valence-corrected chi connectivity index (χ3v) is 10.9. The summed E-state index contributed by atoms with van der Waals surface area (Å²) in [5.74, 6) is -5.71. The Labute approximate surface area is 430 Å². The molecule has 0 aliphatic heterocycles. The van der Waals surface area contributed by atoms with Gasteiger partial charge in [0.05, 0.1) is 39.6 Å². The van der Waals surface area contributed by atoms with Crippen molar-refractivity contribution in [1.82, 2.24) is 57.2 Å². The number of aromatic amines is 1. The van der Waals surface area contributed by atoms with Crippen molar-refractivity contribution in [2.24, 2.45) is 5.73 Å². The van der Waals surface area contributed by atoms with Crippen molar-refractivity contribution < 1.29 is 77.1 Å². The molecule has 0 fully saturated rings. The third-order valence-electron chi connectivity index (χ3n) is 10.0. The number of aryl methyl sites for hydroxylation is 1. The minimum Gasteiger partial charge on any atom is -0.480 e. The highest BCUT2D eigenvalue weighted by Gasteiger charge is 2.25. The highest BCUT2D eigenvalue weighted by Crippen LogP contribution is 2.08. The van der Waals surface area contributed by atoms with Crippen molar-refractivity contribution in [3.63, 3.8) is 0 Å². The van der Waals surface area contributed by atoms with Crippen LogP contribution < -0.4 is 48.1 Å². The zero-order valence-electron chi connectivity index (χ0n) is 41.0. The molecule has 3 unspecified atom stereocenters. The molecule has 1 aromatic carbocycles. The molecule has 412 valence electrons. The van der Waals surface area contributed by atoms with Gasteiger partial charge < -0.3 is 77.3 Å². The van der Waals surface area contributed by atoms with E-state index in [2.05, 4.69) is 57.2 Å². The van der Waals surface area contributed by atoms with Gasteiger partial charge in [-0.25, -0.2) is 14.7 Å². The monoisotopic (exact) mass is 1070 g/mol. The van der Waals surface area contributed by atoms with Gasteiger partial charge in [0, 0.05) is 68.7 Å². The smallest absolute Gasteiger partial charge is 0.326 e. The van der Waals surface area contributed by atoms with E-state index in [-0.39, 0.29) is 109 Å². The maximum atomic E-state index is 12.5. The number of tetrazole rings is 1. The van der Waals surface area contributed by atoms with Gasteiger partial charge in [0.2, 0.25) is 41.4 Å². The first-order valence-corrected chi connectivity index (χ1v) is 24.8. The van der Waals surface area contributed by atoms with E-state index in [4.69, 9.17) is 30.4 Å². The number of anilines is 1. The summed E-state index contributed by atoms with van der Waals surface area (Å²) < 4.78 is 23.9. The van der Waals surface area contributed by atoms with Crippen LogP contribution in [-0.2, 0) is 68.5 Å². The van der Waals surface area contributed by atoms with Crippen LogP contribution in [0, 0.1) is 0 Å². The highest BCUT2D eigenvalue weighted by atomic mass is 32.2. The number of benzene rings is 1. The van der Waals surface area contributed by atoms with E-state index in [0.717, 1.165) is 0 Å². The number of nitrogen functional groups attached to an aromatic ring is 1. The largest absolute Gasteiger partial charge is 0.480 e. The number of primary amides is 1. The van der Waals surface area contributed by atoms with Crippen LogP contribution in [0.1, 0.15) is 86.8 Å². The summed E-state index contributed by atoms with van der Waals surface area (Å²) in [6, 6.07) is 2.56. The second-order valence-electron chi connectivity index (χ2n) is 16.1. The van der Waals surface area contributed by atoms with Crippen molar-refractivity contribution in [3.8, 4) is 0 Å². The quantitative estimate of drug-likeness (QED) is 0.0182. The molecule has 0 aliphatic rings. The molecule has 2 aromatic rings. The lowest BCUT2D eigenvalue weighted by atomic mass is 10.1. The number of aliphatic carboxylic acids is 2. The van der Waals surface area contributed by atoms with Crippen molar-refractivity contribution in [3.05, 3.63) is 35.7 Å². The van der Waals surface area contributed by atoms with Crippen LogP contribution in [0.2, 0.25) is 0 Å². The van der Waals surface area contributed by atoms with Crippen LogP contribution in [0.4, 0.5) is 5.69 Å². The molecule has 3 atom stereocenters. The van der Waals surface area contributed by atoms with Gasteiger partial charge in [-0.1, -0.05) is 11.9 Å². The van der Waals surface area contributed by atoms with Crippen LogP contribution in [0.5, 0.6) is 0 Å². The van der Waals surface area contributed by atoms with Crippen LogP contribution in [0.25, 0.3) is 0 Å². The number of aromatic nitrogens is 4. The van der Waals surface area contributed by atoms with Gasteiger partial charge in [-0.2, -0.15) is 0 Å². The molecule has 1 heterocycles. The number of unbranched alkanes of at least 4 members (excludes halogenated alkanes) is 1. The first kappa shape index (κ1) is 63.1. The Kier molecular flexibility index (Phi) is 32.9. The van der Waals surface area contributed by atoms with E-state index in [9.17, 15) is 58.2 Å².